The number of hydrogen-bond donors (Lipinski definition) is 2. The van der Waals surface area contributed by atoms with Gasteiger partial charge in [0.1, 0.15) is 5.69 Å². The number of aryl methyl sites for hydroxylation is 1. The van der Waals surface area contributed by atoms with Crippen LogP contribution in [-0.2, 0) is 26.6 Å². The molecule has 0 unspecified atom stereocenters. The van der Waals surface area contributed by atoms with Crippen molar-refractivity contribution in [3.05, 3.63) is 53.9 Å². The lowest BCUT2D eigenvalue weighted by Crippen LogP contribution is -2.35. The predicted octanol–water partition coefficient (Wildman–Crippen LogP) is 0.0466. The molecule has 0 aliphatic heterocycles. The van der Waals surface area contributed by atoms with Crippen LogP contribution in [0.5, 0.6) is 0 Å². The van der Waals surface area contributed by atoms with Crippen LogP contribution in [0.15, 0.2) is 47.5 Å². The van der Waals surface area contributed by atoms with Gasteiger partial charge >= 0.3 is 5.97 Å². The molecule has 9 nitrogen and oxygen atoms in total. The minimum Gasteiger partial charge on any atom is -0.452 e. The molecule has 2 amide bonds. The third kappa shape index (κ3) is 4.55. The molecule has 0 radical (unpaired) electrons. The van der Waals surface area contributed by atoms with Gasteiger partial charge in [-0.15, -0.1) is 0 Å². The maximum Gasteiger partial charge on any atom is 0.338 e. The summed E-state index contributed by atoms with van der Waals surface area (Å²) < 4.78 is 31.9. The maximum atomic E-state index is 12.0. The fourth-order valence-electron chi connectivity index (χ4n) is 2.05. The van der Waals surface area contributed by atoms with Crippen molar-refractivity contribution in [1.82, 2.24) is 14.6 Å². The summed E-state index contributed by atoms with van der Waals surface area (Å²) in [5, 5.41) is 2.09. The molecule has 0 bridgehead atoms. The first kappa shape index (κ1) is 19.3. The Labute approximate surface area is 150 Å². The number of aromatic nitrogens is 1. The number of sulfonamides is 1. The largest absolute Gasteiger partial charge is 0.452 e. The minimum atomic E-state index is -3.71. The van der Waals surface area contributed by atoms with E-state index in [0.29, 0.717) is 0 Å². The molecule has 0 fully saturated rings. The van der Waals surface area contributed by atoms with E-state index in [4.69, 9.17) is 4.74 Å². The number of esters is 1. The summed E-state index contributed by atoms with van der Waals surface area (Å²) in [6.45, 7) is -0.683. The van der Waals surface area contributed by atoms with E-state index in [-0.39, 0.29) is 16.2 Å². The van der Waals surface area contributed by atoms with Crippen LogP contribution in [0.4, 0.5) is 0 Å². The fraction of sp³-hybridized carbons (Fsp3) is 0.188. The van der Waals surface area contributed by atoms with Gasteiger partial charge in [-0.1, -0.05) is 6.07 Å². The first-order valence-electron chi connectivity index (χ1n) is 7.41. The van der Waals surface area contributed by atoms with Gasteiger partial charge in [-0.25, -0.2) is 17.9 Å². The van der Waals surface area contributed by atoms with Crippen molar-refractivity contribution in [2.75, 3.05) is 13.7 Å². The first-order chi connectivity index (χ1) is 12.2. The Kier molecular flexibility index (Phi) is 5.90. The second-order valence-electron chi connectivity index (χ2n) is 5.19. The number of nitrogens with zero attached hydrogens (tertiary/aromatic N) is 1. The number of benzene rings is 1. The number of amides is 2. The van der Waals surface area contributed by atoms with Gasteiger partial charge < -0.3 is 9.30 Å². The number of rotatable bonds is 6. The van der Waals surface area contributed by atoms with Crippen LogP contribution in [0.3, 0.4) is 0 Å². The molecule has 2 N–H and O–H groups in total. The SMILES string of the molecule is CNS(=O)(=O)c1cccc(C(=O)OCC(=O)NC(=O)c2cccn2C)c1. The molecule has 2 aromatic rings. The lowest BCUT2D eigenvalue weighted by atomic mass is 10.2. The highest BCUT2D eigenvalue weighted by atomic mass is 32.2. The number of imide groups is 1. The van der Waals surface area contributed by atoms with Crippen molar-refractivity contribution >= 4 is 27.8 Å². The van der Waals surface area contributed by atoms with Gasteiger partial charge in [-0.3, -0.25) is 14.9 Å². The summed E-state index contributed by atoms with van der Waals surface area (Å²) in [6, 6.07) is 8.34. The molecule has 0 saturated carbocycles. The van der Waals surface area contributed by atoms with E-state index in [1.165, 1.54) is 35.9 Å². The monoisotopic (exact) mass is 379 g/mol. The first-order valence-corrected chi connectivity index (χ1v) is 8.89. The highest BCUT2D eigenvalue weighted by Crippen LogP contribution is 2.12. The predicted molar refractivity (Wildman–Crippen MR) is 90.9 cm³/mol. The Morgan fingerprint density at radius 1 is 1.15 bits per heavy atom. The maximum absolute atomic E-state index is 12.0. The van der Waals surface area contributed by atoms with Crippen LogP contribution in [0.2, 0.25) is 0 Å². The molecule has 0 aliphatic carbocycles. The molecule has 26 heavy (non-hydrogen) atoms. The van der Waals surface area contributed by atoms with Crippen molar-refractivity contribution < 1.29 is 27.5 Å². The summed E-state index contributed by atoms with van der Waals surface area (Å²) in [7, 11) is -0.826. The van der Waals surface area contributed by atoms with E-state index >= 15 is 0 Å². The molecule has 1 aromatic carbocycles. The Hall–Kier alpha value is -2.98. The molecule has 0 spiro atoms. The Morgan fingerprint density at radius 3 is 2.50 bits per heavy atom. The number of hydrogen-bond acceptors (Lipinski definition) is 6. The number of carbonyl (C=O) groups is 3. The molecule has 1 heterocycles. The summed E-state index contributed by atoms with van der Waals surface area (Å²) >= 11 is 0. The topological polar surface area (TPSA) is 124 Å². The van der Waals surface area contributed by atoms with Gasteiger partial charge in [0.15, 0.2) is 6.61 Å². The molecule has 1 aromatic heterocycles. The quantitative estimate of drug-likeness (QED) is 0.684. The van der Waals surface area contributed by atoms with Crippen LogP contribution < -0.4 is 10.0 Å². The normalized spacial score (nSPS) is 11.0. The molecule has 0 saturated heterocycles. The van der Waals surface area contributed by atoms with Crippen molar-refractivity contribution in [3.63, 3.8) is 0 Å². The Morgan fingerprint density at radius 2 is 1.88 bits per heavy atom. The molecular formula is C16H17N3O6S. The Balaban J connectivity index is 1.96. The standard InChI is InChI=1S/C16H17N3O6S/c1-17-26(23,24)12-6-3-5-11(9-12)16(22)25-10-14(20)18-15(21)13-7-4-8-19(13)2/h3-9,17H,10H2,1-2H3,(H,18,20,21). The fourth-order valence-corrected chi connectivity index (χ4v) is 2.82. The number of ether oxygens (including phenoxy) is 1. The van der Waals surface area contributed by atoms with Crippen LogP contribution in [0, 0.1) is 0 Å². The summed E-state index contributed by atoms with van der Waals surface area (Å²) in [5.41, 5.74) is 0.234. The van der Waals surface area contributed by atoms with Crippen molar-refractivity contribution in [2.24, 2.45) is 7.05 Å². The van der Waals surface area contributed by atoms with Crippen LogP contribution in [0.1, 0.15) is 20.8 Å². The average Bonchev–Trinajstić information content (AvgIpc) is 3.05. The summed E-state index contributed by atoms with van der Waals surface area (Å²) in [6.07, 6.45) is 1.64. The minimum absolute atomic E-state index is 0.0390. The second kappa shape index (κ2) is 7.93. The zero-order valence-corrected chi connectivity index (χ0v) is 14.9. The zero-order valence-electron chi connectivity index (χ0n) is 14.1. The van der Waals surface area contributed by atoms with Crippen molar-refractivity contribution in [3.8, 4) is 0 Å². The van der Waals surface area contributed by atoms with E-state index in [9.17, 15) is 22.8 Å². The van der Waals surface area contributed by atoms with Crippen molar-refractivity contribution in [1.29, 1.82) is 0 Å². The number of carbonyl (C=O) groups excluding carboxylic acids is 3. The highest BCUT2D eigenvalue weighted by molar-refractivity contribution is 7.89. The number of nitrogens with one attached hydrogen (secondary N) is 2. The van der Waals surface area contributed by atoms with E-state index in [0.717, 1.165) is 6.07 Å². The second-order valence-corrected chi connectivity index (χ2v) is 7.08. The van der Waals surface area contributed by atoms with Crippen molar-refractivity contribution in [2.45, 2.75) is 4.90 Å². The molecule has 2 rings (SSSR count). The highest BCUT2D eigenvalue weighted by Gasteiger charge is 2.17. The van der Waals surface area contributed by atoms with Gasteiger partial charge in [0.2, 0.25) is 10.0 Å². The zero-order chi connectivity index (χ0) is 19.3. The van der Waals surface area contributed by atoms with E-state index in [1.54, 1.807) is 19.3 Å². The molecule has 138 valence electrons. The third-order valence-electron chi connectivity index (χ3n) is 3.41. The average molecular weight is 379 g/mol. The molecular weight excluding hydrogens is 362 g/mol. The summed E-state index contributed by atoms with van der Waals surface area (Å²) in [5.74, 6) is -2.32. The van der Waals surface area contributed by atoms with Gasteiger partial charge in [0.25, 0.3) is 11.8 Å². The molecule has 0 atom stereocenters. The van der Waals surface area contributed by atoms with Crippen LogP contribution in [-0.4, -0.2) is 44.4 Å². The lowest BCUT2D eigenvalue weighted by Gasteiger charge is -2.08. The Bertz CT molecular complexity index is 948. The third-order valence-corrected chi connectivity index (χ3v) is 4.82. The van der Waals surface area contributed by atoms with Gasteiger partial charge in [0, 0.05) is 13.2 Å². The molecule has 0 aliphatic rings. The van der Waals surface area contributed by atoms with E-state index in [1.807, 2.05) is 0 Å². The smallest absolute Gasteiger partial charge is 0.338 e. The molecule has 10 heteroatoms. The van der Waals surface area contributed by atoms with Crippen LogP contribution in [0.25, 0.3) is 0 Å². The van der Waals surface area contributed by atoms with Gasteiger partial charge in [0.05, 0.1) is 10.5 Å². The van der Waals surface area contributed by atoms with E-state index in [2.05, 4.69) is 10.0 Å². The van der Waals surface area contributed by atoms with Gasteiger partial charge in [-0.05, 0) is 37.4 Å². The van der Waals surface area contributed by atoms with Crippen LogP contribution >= 0.6 is 0 Å². The van der Waals surface area contributed by atoms with Gasteiger partial charge in [-0.2, -0.15) is 0 Å². The lowest BCUT2D eigenvalue weighted by molar-refractivity contribution is -0.123. The van der Waals surface area contributed by atoms with E-state index < -0.39 is 34.4 Å². The summed E-state index contributed by atoms with van der Waals surface area (Å²) in [4.78, 5) is 35.5.